The summed E-state index contributed by atoms with van der Waals surface area (Å²) in [5.74, 6) is 0. The van der Waals surface area contributed by atoms with Crippen molar-refractivity contribution in [2.45, 2.75) is 6.08 Å². The topological polar surface area (TPSA) is 21.3 Å². The molecule has 1 aromatic carbocycles. The fourth-order valence-corrected chi connectivity index (χ4v) is 1.26. The summed E-state index contributed by atoms with van der Waals surface area (Å²) in [4.78, 5) is 0. The zero-order valence-electron chi connectivity index (χ0n) is 8.84. The molecule has 2 rings (SSSR count). The van der Waals surface area contributed by atoms with Crippen LogP contribution in [-0.2, 0) is 4.74 Å². The van der Waals surface area contributed by atoms with Crippen molar-refractivity contribution in [2.24, 2.45) is 0 Å². The molecule has 12 heavy (non-hydrogen) atoms. The van der Waals surface area contributed by atoms with Crippen LogP contribution in [0.3, 0.4) is 0 Å². The van der Waals surface area contributed by atoms with Crippen LogP contribution in [0, 0.1) is 0 Å². The second kappa shape index (κ2) is 3.70. The fraction of sp³-hybridized carbons (Fsp3) is 0.400. The molecule has 0 bridgehead atoms. The molecule has 1 saturated heterocycles. The van der Waals surface area contributed by atoms with Gasteiger partial charge in [-0.1, -0.05) is 30.3 Å². The molecule has 0 spiro atoms. The Labute approximate surface area is 75.4 Å². The van der Waals surface area contributed by atoms with E-state index in [-0.39, 0.29) is 0 Å². The maximum absolute atomic E-state index is 8.09. The summed E-state index contributed by atoms with van der Waals surface area (Å²) in [7, 11) is 0. The average molecular weight is 165 g/mol. The third-order valence-electron chi connectivity index (χ3n) is 1.88. The van der Waals surface area contributed by atoms with Gasteiger partial charge >= 0.3 is 0 Å². The number of ether oxygens (including phenoxy) is 1. The molecule has 1 aromatic rings. The van der Waals surface area contributed by atoms with Gasteiger partial charge in [0.2, 0.25) is 0 Å². The SMILES string of the molecule is [2H]c1ccc(C2([2H])CNCCO2)cc1. The van der Waals surface area contributed by atoms with Crippen LogP contribution in [0.4, 0.5) is 0 Å². The van der Waals surface area contributed by atoms with Gasteiger partial charge in [-0.3, -0.25) is 0 Å². The molecular weight excluding hydrogens is 150 g/mol. The lowest BCUT2D eigenvalue weighted by molar-refractivity contribution is 0.0277. The molecule has 2 heteroatoms. The van der Waals surface area contributed by atoms with Gasteiger partial charge in [-0.05, 0) is 5.56 Å². The second-order valence-electron chi connectivity index (χ2n) is 2.74. The predicted molar refractivity (Wildman–Crippen MR) is 48.0 cm³/mol. The van der Waals surface area contributed by atoms with Gasteiger partial charge in [0.25, 0.3) is 0 Å². The molecule has 0 amide bonds. The Morgan fingerprint density at radius 2 is 2.42 bits per heavy atom. The van der Waals surface area contributed by atoms with Gasteiger partial charge in [0.15, 0.2) is 0 Å². The van der Waals surface area contributed by atoms with Gasteiger partial charge in [-0.2, -0.15) is 0 Å². The van der Waals surface area contributed by atoms with Crippen molar-refractivity contribution >= 4 is 0 Å². The average Bonchev–Trinajstić information content (AvgIpc) is 2.19. The Morgan fingerprint density at radius 3 is 3.08 bits per heavy atom. The number of hydrogen-bond donors (Lipinski definition) is 1. The van der Waals surface area contributed by atoms with Gasteiger partial charge in [0, 0.05) is 13.1 Å². The Morgan fingerprint density at radius 1 is 1.58 bits per heavy atom. The number of morpholine rings is 1. The lowest BCUT2D eigenvalue weighted by Crippen LogP contribution is -2.33. The molecule has 2 nitrogen and oxygen atoms in total. The summed E-state index contributed by atoms with van der Waals surface area (Å²) in [6.45, 7) is 1.87. The summed E-state index contributed by atoms with van der Waals surface area (Å²) in [6.07, 6.45) is -0.980. The molecule has 0 aliphatic carbocycles. The molecule has 0 aromatic heterocycles. The van der Waals surface area contributed by atoms with Crippen molar-refractivity contribution in [3.05, 3.63) is 35.9 Å². The van der Waals surface area contributed by atoms with E-state index in [1.165, 1.54) is 0 Å². The van der Waals surface area contributed by atoms with Gasteiger partial charge < -0.3 is 10.1 Å². The maximum atomic E-state index is 8.09. The van der Waals surface area contributed by atoms with Crippen molar-refractivity contribution in [3.8, 4) is 0 Å². The van der Waals surface area contributed by atoms with Crippen LogP contribution in [0.1, 0.15) is 14.4 Å². The Hall–Kier alpha value is -0.860. The van der Waals surface area contributed by atoms with E-state index < -0.39 is 6.08 Å². The van der Waals surface area contributed by atoms with E-state index in [1.807, 2.05) is 0 Å². The molecule has 1 aliphatic heterocycles. The van der Waals surface area contributed by atoms with Crippen molar-refractivity contribution in [2.75, 3.05) is 19.7 Å². The van der Waals surface area contributed by atoms with Crippen LogP contribution in [0.15, 0.2) is 30.3 Å². The zero-order chi connectivity index (χ0) is 10.0. The minimum absolute atomic E-state index is 0.459. The molecule has 1 heterocycles. The fourth-order valence-electron chi connectivity index (χ4n) is 1.26. The van der Waals surface area contributed by atoms with Crippen LogP contribution < -0.4 is 5.32 Å². The van der Waals surface area contributed by atoms with Crippen molar-refractivity contribution < 1.29 is 7.48 Å². The third-order valence-corrected chi connectivity index (χ3v) is 1.88. The molecule has 0 radical (unpaired) electrons. The Bertz CT molecular complexity index is 306. The molecule has 1 atom stereocenters. The molecule has 1 unspecified atom stereocenters. The highest BCUT2D eigenvalue weighted by Gasteiger charge is 2.14. The van der Waals surface area contributed by atoms with Crippen LogP contribution in [0.5, 0.6) is 0 Å². The van der Waals surface area contributed by atoms with E-state index in [2.05, 4.69) is 5.32 Å². The summed E-state index contributed by atoms with van der Waals surface area (Å²) in [5.41, 5.74) is 0.806. The summed E-state index contributed by atoms with van der Waals surface area (Å²) in [6, 6.07) is 7.39. The van der Waals surface area contributed by atoms with Crippen molar-refractivity contribution in [1.82, 2.24) is 5.32 Å². The van der Waals surface area contributed by atoms with E-state index in [9.17, 15) is 0 Å². The molecule has 1 aliphatic rings. The van der Waals surface area contributed by atoms with Gasteiger partial charge in [0.05, 0.1) is 15.4 Å². The van der Waals surface area contributed by atoms with E-state index in [0.717, 1.165) is 12.1 Å². The van der Waals surface area contributed by atoms with Crippen molar-refractivity contribution in [3.63, 3.8) is 0 Å². The van der Waals surface area contributed by atoms with Gasteiger partial charge in [-0.15, -0.1) is 0 Å². The first-order valence-corrected chi connectivity index (χ1v) is 4.12. The summed E-state index contributed by atoms with van der Waals surface area (Å²) < 4.78 is 20.9. The normalized spacial score (nSPS) is 32.3. The largest absolute Gasteiger partial charge is 0.371 e. The molecule has 0 saturated carbocycles. The van der Waals surface area contributed by atoms with Gasteiger partial charge in [-0.25, -0.2) is 0 Å². The second-order valence-corrected chi connectivity index (χ2v) is 2.74. The number of nitrogens with one attached hydrogen (secondary N) is 1. The van der Waals surface area contributed by atoms with E-state index in [1.54, 1.807) is 24.3 Å². The third kappa shape index (κ3) is 1.65. The lowest BCUT2D eigenvalue weighted by Gasteiger charge is -2.23. The minimum atomic E-state index is -0.980. The molecule has 64 valence electrons. The molecule has 1 N–H and O–H groups in total. The first kappa shape index (κ1) is 5.73. The summed E-state index contributed by atoms with van der Waals surface area (Å²) >= 11 is 0. The monoisotopic (exact) mass is 165 g/mol. The quantitative estimate of drug-likeness (QED) is 0.678. The first-order chi connectivity index (χ1) is 6.71. The van der Waals surface area contributed by atoms with E-state index in [4.69, 9.17) is 7.48 Å². The Kier molecular flexibility index (Phi) is 1.76. The van der Waals surface area contributed by atoms with E-state index >= 15 is 0 Å². The number of hydrogen-bond acceptors (Lipinski definition) is 2. The van der Waals surface area contributed by atoms with Crippen LogP contribution in [-0.4, -0.2) is 19.7 Å². The minimum Gasteiger partial charge on any atom is -0.371 e. The zero-order valence-corrected chi connectivity index (χ0v) is 6.84. The standard InChI is InChI=1S/C10H13NO/c1-2-4-9(5-3-1)10-8-11-6-7-12-10/h1-5,10-11H,6-8H2/i1D,10D. The van der Waals surface area contributed by atoms with Crippen LogP contribution in [0.2, 0.25) is 0 Å². The van der Waals surface area contributed by atoms with Crippen LogP contribution >= 0.6 is 0 Å². The molecular formula is C10H13NO. The predicted octanol–water partition coefficient (Wildman–Crippen LogP) is 1.35. The number of rotatable bonds is 1. The Balaban J connectivity index is 2.23. The lowest BCUT2D eigenvalue weighted by atomic mass is 10.1. The smallest absolute Gasteiger partial charge is 0.0949 e. The maximum Gasteiger partial charge on any atom is 0.0949 e. The number of benzene rings is 1. The first-order valence-electron chi connectivity index (χ1n) is 5.12. The highest BCUT2D eigenvalue weighted by atomic mass is 16.5. The summed E-state index contributed by atoms with van der Waals surface area (Å²) in [5, 5.41) is 3.13. The highest BCUT2D eigenvalue weighted by molar-refractivity contribution is 5.18. The van der Waals surface area contributed by atoms with Crippen LogP contribution in [0.25, 0.3) is 0 Å². The highest BCUT2D eigenvalue weighted by Crippen LogP contribution is 2.17. The molecule has 1 fully saturated rings. The van der Waals surface area contributed by atoms with E-state index in [0.29, 0.717) is 19.2 Å². The van der Waals surface area contributed by atoms with Crippen molar-refractivity contribution in [1.29, 1.82) is 0 Å². The van der Waals surface area contributed by atoms with Gasteiger partial charge in [0.1, 0.15) is 0 Å².